The molecule has 0 saturated heterocycles. The van der Waals surface area contributed by atoms with Crippen LogP contribution in [0.1, 0.15) is 0 Å². The molecule has 0 N–H and O–H groups in total. The highest BCUT2D eigenvalue weighted by Gasteiger charge is 2.13. The Morgan fingerprint density at radius 2 is 1.57 bits per heavy atom. The van der Waals surface area contributed by atoms with Gasteiger partial charge in [0, 0.05) is 11.6 Å². The summed E-state index contributed by atoms with van der Waals surface area (Å²) in [5, 5.41) is 4.64. The van der Waals surface area contributed by atoms with E-state index in [9.17, 15) is 0 Å². The summed E-state index contributed by atoms with van der Waals surface area (Å²) in [6.07, 6.45) is 1.75. The molecule has 0 fully saturated rings. The van der Waals surface area contributed by atoms with Gasteiger partial charge in [0.25, 0.3) is 0 Å². The van der Waals surface area contributed by atoms with Crippen molar-refractivity contribution in [1.29, 1.82) is 0 Å². The fraction of sp³-hybridized carbons (Fsp3) is 0. The maximum Gasteiger partial charge on any atom is 0.246 e. The van der Waals surface area contributed by atoms with E-state index in [0.717, 1.165) is 27.6 Å². The Balaban J connectivity index is 1.92. The standard InChI is InChI=1S/C20H12N2O/c1-2-6-15-13(5-1)8-9-14-10-11-16-19(18(14)15)23-20(22-16)17-7-3-4-12-21-17/h1-12H. The van der Waals surface area contributed by atoms with Gasteiger partial charge in [-0.2, -0.15) is 0 Å². The predicted octanol–water partition coefficient (Wildman–Crippen LogP) is 5.20. The molecule has 2 heterocycles. The SMILES string of the molecule is c1ccc(-c2nc3ccc4ccc5ccccc5c4c3o2)nc1. The molecule has 23 heavy (non-hydrogen) atoms. The summed E-state index contributed by atoms with van der Waals surface area (Å²) < 4.78 is 6.10. The van der Waals surface area contributed by atoms with E-state index in [0.29, 0.717) is 5.89 Å². The van der Waals surface area contributed by atoms with Gasteiger partial charge in [0.05, 0.1) is 0 Å². The lowest BCUT2D eigenvalue weighted by molar-refractivity contribution is 0.620. The van der Waals surface area contributed by atoms with Crippen LogP contribution in [0.4, 0.5) is 0 Å². The van der Waals surface area contributed by atoms with Crippen LogP contribution >= 0.6 is 0 Å². The first kappa shape index (κ1) is 12.4. The molecule has 0 aliphatic rings. The summed E-state index contributed by atoms with van der Waals surface area (Å²) >= 11 is 0. The molecule has 0 spiro atoms. The van der Waals surface area contributed by atoms with Gasteiger partial charge >= 0.3 is 0 Å². The Morgan fingerprint density at radius 1 is 0.739 bits per heavy atom. The van der Waals surface area contributed by atoms with E-state index in [-0.39, 0.29) is 0 Å². The van der Waals surface area contributed by atoms with Gasteiger partial charge in [-0.3, -0.25) is 4.98 Å². The zero-order valence-corrected chi connectivity index (χ0v) is 12.2. The topological polar surface area (TPSA) is 38.9 Å². The summed E-state index contributed by atoms with van der Waals surface area (Å²) in [4.78, 5) is 8.94. The van der Waals surface area contributed by atoms with Crippen LogP contribution in [0, 0.1) is 0 Å². The molecule has 5 rings (SSSR count). The van der Waals surface area contributed by atoms with Crippen LogP contribution < -0.4 is 0 Å². The maximum absolute atomic E-state index is 6.10. The largest absolute Gasteiger partial charge is 0.434 e. The number of hydrogen-bond donors (Lipinski definition) is 0. The van der Waals surface area contributed by atoms with E-state index in [2.05, 4.69) is 46.4 Å². The lowest BCUT2D eigenvalue weighted by Gasteiger charge is -2.03. The summed E-state index contributed by atoms with van der Waals surface area (Å²) in [6, 6.07) is 22.4. The molecule has 3 nitrogen and oxygen atoms in total. The van der Waals surface area contributed by atoms with Crippen molar-refractivity contribution < 1.29 is 4.42 Å². The smallest absolute Gasteiger partial charge is 0.246 e. The molecule has 0 aliphatic carbocycles. The van der Waals surface area contributed by atoms with Crippen molar-refractivity contribution in [3.8, 4) is 11.6 Å². The summed E-state index contributed by atoms with van der Waals surface area (Å²) in [5.41, 5.74) is 2.42. The van der Waals surface area contributed by atoms with Crippen LogP contribution in [0.3, 0.4) is 0 Å². The summed E-state index contributed by atoms with van der Waals surface area (Å²) in [5.74, 6) is 0.557. The van der Waals surface area contributed by atoms with Crippen molar-refractivity contribution in [3.05, 3.63) is 72.9 Å². The molecule has 0 unspecified atom stereocenters. The van der Waals surface area contributed by atoms with Gasteiger partial charge < -0.3 is 4.42 Å². The number of oxazole rings is 1. The fourth-order valence-electron chi connectivity index (χ4n) is 3.07. The molecule has 0 radical (unpaired) electrons. The normalized spacial score (nSPS) is 11.5. The number of pyridine rings is 1. The molecule has 0 atom stereocenters. The number of benzene rings is 3. The average molecular weight is 296 g/mol. The van der Waals surface area contributed by atoms with Crippen LogP contribution in [-0.2, 0) is 0 Å². The quantitative estimate of drug-likeness (QED) is 0.399. The third kappa shape index (κ3) is 1.83. The van der Waals surface area contributed by atoms with E-state index < -0.39 is 0 Å². The predicted molar refractivity (Wildman–Crippen MR) is 92.3 cm³/mol. The minimum absolute atomic E-state index is 0.557. The minimum atomic E-state index is 0.557. The van der Waals surface area contributed by atoms with Crippen molar-refractivity contribution in [3.63, 3.8) is 0 Å². The van der Waals surface area contributed by atoms with Crippen molar-refractivity contribution in [1.82, 2.24) is 9.97 Å². The van der Waals surface area contributed by atoms with Gasteiger partial charge in [0.2, 0.25) is 5.89 Å². The molecule has 0 amide bonds. The van der Waals surface area contributed by atoms with E-state index >= 15 is 0 Å². The Hall–Kier alpha value is -3.20. The van der Waals surface area contributed by atoms with Crippen molar-refractivity contribution in [2.24, 2.45) is 0 Å². The molecule has 0 saturated carbocycles. The van der Waals surface area contributed by atoms with Crippen LogP contribution in [-0.4, -0.2) is 9.97 Å². The fourth-order valence-corrected chi connectivity index (χ4v) is 3.07. The van der Waals surface area contributed by atoms with Crippen LogP contribution in [0.5, 0.6) is 0 Å². The number of hydrogen-bond acceptors (Lipinski definition) is 3. The number of aromatic nitrogens is 2. The average Bonchev–Trinajstić information content (AvgIpc) is 3.06. The monoisotopic (exact) mass is 296 g/mol. The molecule has 2 aromatic heterocycles. The Morgan fingerprint density at radius 3 is 2.48 bits per heavy atom. The molecular weight excluding hydrogens is 284 g/mol. The Kier molecular flexibility index (Phi) is 2.50. The van der Waals surface area contributed by atoms with Gasteiger partial charge in [0.1, 0.15) is 11.2 Å². The maximum atomic E-state index is 6.10. The van der Waals surface area contributed by atoms with Gasteiger partial charge in [0.15, 0.2) is 5.58 Å². The minimum Gasteiger partial charge on any atom is -0.434 e. The van der Waals surface area contributed by atoms with Crippen molar-refractivity contribution >= 4 is 32.6 Å². The lowest BCUT2D eigenvalue weighted by Crippen LogP contribution is -1.80. The zero-order chi connectivity index (χ0) is 15.2. The van der Waals surface area contributed by atoms with Crippen LogP contribution in [0.15, 0.2) is 77.3 Å². The highest BCUT2D eigenvalue weighted by molar-refractivity contribution is 6.17. The molecule has 0 bridgehead atoms. The number of fused-ring (bicyclic) bond motifs is 5. The highest BCUT2D eigenvalue weighted by Crippen LogP contribution is 2.34. The van der Waals surface area contributed by atoms with Gasteiger partial charge in [-0.05, 0) is 34.4 Å². The second kappa shape index (κ2) is 4.65. The van der Waals surface area contributed by atoms with Gasteiger partial charge in [-0.1, -0.05) is 48.5 Å². The molecule has 3 heteroatoms. The molecule has 108 valence electrons. The van der Waals surface area contributed by atoms with Crippen molar-refractivity contribution in [2.45, 2.75) is 0 Å². The molecule has 0 aliphatic heterocycles. The van der Waals surface area contributed by atoms with Crippen LogP contribution in [0.2, 0.25) is 0 Å². The first-order chi connectivity index (χ1) is 11.4. The van der Waals surface area contributed by atoms with E-state index in [1.165, 1.54) is 10.8 Å². The van der Waals surface area contributed by atoms with Crippen LogP contribution in [0.25, 0.3) is 44.2 Å². The third-order valence-corrected chi connectivity index (χ3v) is 4.15. The van der Waals surface area contributed by atoms with Gasteiger partial charge in [-0.25, -0.2) is 4.98 Å². The number of rotatable bonds is 1. The van der Waals surface area contributed by atoms with E-state index in [1.807, 2.05) is 30.3 Å². The summed E-state index contributed by atoms with van der Waals surface area (Å²) in [7, 11) is 0. The van der Waals surface area contributed by atoms with E-state index in [1.54, 1.807) is 6.20 Å². The van der Waals surface area contributed by atoms with E-state index in [4.69, 9.17) is 4.42 Å². The van der Waals surface area contributed by atoms with Gasteiger partial charge in [-0.15, -0.1) is 0 Å². The highest BCUT2D eigenvalue weighted by atomic mass is 16.3. The summed E-state index contributed by atoms with van der Waals surface area (Å²) in [6.45, 7) is 0. The zero-order valence-electron chi connectivity index (χ0n) is 12.2. The Bertz CT molecular complexity index is 1160. The van der Waals surface area contributed by atoms with Crippen molar-refractivity contribution in [2.75, 3.05) is 0 Å². The molecule has 3 aromatic carbocycles. The molecule has 5 aromatic rings. The third-order valence-electron chi connectivity index (χ3n) is 4.15. The number of nitrogens with zero attached hydrogens (tertiary/aromatic N) is 2. The first-order valence-corrected chi connectivity index (χ1v) is 7.52. The lowest BCUT2D eigenvalue weighted by atomic mass is 10.0. The second-order valence-corrected chi connectivity index (χ2v) is 5.53. The second-order valence-electron chi connectivity index (χ2n) is 5.53. The molecular formula is C20H12N2O. The Labute approximate surface area is 132 Å². The first-order valence-electron chi connectivity index (χ1n) is 7.52.